The molecule has 144 valence electrons. The Labute approximate surface area is 173 Å². The lowest BCUT2D eigenvalue weighted by molar-refractivity contribution is 0.0738. The Morgan fingerprint density at radius 3 is 2.72 bits per heavy atom. The zero-order valence-electron chi connectivity index (χ0n) is 15.8. The quantitative estimate of drug-likeness (QED) is 0.486. The van der Waals surface area contributed by atoms with Crippen LogP contribution in [-0.4, -0.2) is 32.1 Å². The minimum Gasteiger partial charge on any atom is -0.331 e. The van der Waals surface area contributed by atoms with Gasteiger partial charge in [0.15, 0.2) is 0 Å². The number of pyridine rings is 1. The summed E-state index contributed by atoms with van der Waals surface area (Å²) in [6, 6.07) is 18.0. The Balaban J connectivity index is 1.58. The van der Waals surface area contributed by atoms with Crippen molar-refractivity contribution in [3.8, 4) is 16.9 Å². The number of likely N-dealkylation sites (tertiary alicyclic amines) is 1. The number of para-hydroxylation sites is 1. The van der Waals surface area contributed by atoms with Gasteiger partial charge in [-0.05, 0) is 48.6 Å². The SMILES string of the molecule is O=C(c1cn(-c2ccccc2)nc1-c1cccnc1)N1CCC[C@H]1c1cccs1. The second-order valence-corrected chi connectivity index (χ2v) is 8.06. The fourth-order valence-corrected chi connectivity index (χ4v) is 4.77. The van der Waals surface area contributed by atoms with E-state index in [0.29, 0.717) is 11.3 Å². The number of hydrogen-bond donors (Lipinski definition) is 0. The molecule has 5 rings (SSSR count). The maximum Gasteiger partial charge on any atom is 0.258 e. The number of aromatic nitrogens is 3. The molecular weight excluding hydrogens is 380 g/mol. The lowest BCUT2D eigenvalue weighted by Crippen LogP contribution is -2.30. The summed E-state index contributed by atoms with van der Waals surface area (Å²) in [5.74, 6) is 0.0296. The van der Waals surface area contributed by atoms with Crippen molar-refractivity contribution in [3.63, 3.8) is 0 Å². The van der Waals surface area contributed by atoms with Gasteiger partial charge in [0.25, 0.3) is 5.91 Å². The van der Waals surface area contributed by atoms with E-state index in [0.717, 1.165) is 30.6 Å². The summed E-state index contributed by atoms with van der Waals surface area (Å²) < 4.78 is 1.78. The highest BCUT2D eigenvalue weighted by Gasteiger charge is 2.33. The maximum atomic E-state index is 13.6. The van der Waals surface area contributed by atoms with Crippen LogP contribution in [0, 0.1) is 0 Å². The third-order valence-corrected chi connectivity index (χ3v) is 6.26. The van der Waals surface area contributed by atoms with Crippen LogP contribution < -0.4 is 0 Å². The van der Waals surface area contributed by atoms with Crippen LogP contribution in [0.25, 0.3) is 16.9 Å². The molecule has 3 aromatic heterocycles. The summed E-state index contributed by atoms with van der Waals surface area (Å²) in [5.41, 5.74) is 3.06. The molecule has 6 heteroatoms. The van der Waals surface area contributed by atoms with Gasteiger partial charge in [0.2, 0.25) is 0 Å². The second-order valence-electron chi connectivity index (χ2n) is 7.09. The van der Waals surface area contributed by atoms with Crippen LogP contribution in [0.4, 0.5) is 0 Å². The van der Waals surface area contributed by atoms with Crippen LogP contribution in [0.3, 0.4) is 0 Å². The van der Waals surface area contributed by atoms with Gasteiger partial charge in [0.1, 0.15) is 5.69 Å². The normalized spacial score (nSPS) is 16.3. The zero-order chi connectivity index (χ0) is 19.6. The predicted molar refractivity (Wildman–Crippen MR) is 114 cm³/mol. The number of amides is 1. The van der Waals surface area contributed by atoms with Gasteiger partial charge in [0, 0.05) is 35.6 Å². The molecule has 4 heterocycles. The molecule has 0 radical (unpaired) electrons. The van der Waals surface area contributed by atoms with Crippen molar-refractivity contribution in [1.29, 1.82) is 0 Å². The van der Waals surface area contributed by atoms with E-state index in [2.05, 4.69) is 22.5 Å². The lowest BCUT2D eigenvalue weighted by Gasteiger charge is -2.23. The van der Waals surface area contributed by atoms with Gasteiger partial charge < -0.3 is 4.90 Å². The van der Waals surface area contributed by atoms with Crippen molar-refractivity contribution in [2.45, 2.75) is 18.9 Å². The summed E-state index contributed by atoms with van der Waals surface area (Å²) in [4.78, 5) is 21.1. The van der Waals surface area contributed by atoms with Crippen LogP contribution in [0.15, 0.2) is 78.6 Å². The fraction of sp³-hybridized carbons (Fsp3) is 0.174. The number of hydrogen-bond acceptors (Lipinski definition) is 4. The highest BCUT2D eigenvalue weighted by Crippen LogP contribution is 2.36. The van der Waals surface area contributed by atoms with E-state index in [9.17, 15) is 4.79 Å². The number of carbonyl (C=O) groups excluding carboxylic acids is 1. The molecule has 0 unspecified atom stereocenters. The molecule has 29 heavy (non-hydrogen) atoms. The molecule has 1 aromatic carbocycles. The number of benzene rings is 1. The van der Waals surface area contributed by atoms with Gasteiger partial charge >= 0.3 is 0 Å². The molecule has 1 atom stereocenters. The van der Waals surface area contributed by atoms with Crippen molar-refractivity contribution >= 4 is 17.2 Å². The molecular formula is C23H20N4OS. The molecule has 0 aliphatic carbocycles. The third-order valence-electron chi connectivity index (χ3n) is 5.29. The fourth-order valence-electron chi connectivity index (χ4n) is 3.90. The smallest absolute Gasteiger partial charge is 0.258 e. The van der Waals surface area contributed by atoms with E-state index in [1.807, 2.05) is 53.6 Å². The third kappa shape index (κ3) is 3.36. The van der Waals surface area contributed by atoms with Crippen LogP contribution in [0.1, 0.15) is 34.1 Å². The number of rotatable bonds is 4. The van der Waals surface area contributed by atoms with Crippen molar-refractivity contribution in [2.24, 2.45) is 0 Å². The largest absolute Gasteiger partial charge is 0.331 e. The highest BCUT2D eigenvalue weighted by molar-refractivity contribution is 7.10. The van der Waals surface area contributed by atoms with Crippen LogP contribution in [-0.2, 0) is 0 Å². The first kappa shape index (κ1) is 17.8. The zero-order valence-corrected chi connectivity index (χ0v) is 16.6. The molecule has 1 aliphatic rings. The van der Waals surface area contributed by atoms with Crippen LogP contribution in [0.5, 0.6) is 0 Å². The van der Waals surface area contributed by atoms with E-state index in [1.54, 1.807) is 28.4 Å². The molecule has 0 N–H and O–H groups in total. The van der Waals surface area contributed by atoms with Crippen molar-refractivity contribution < 1.29 is 4.79 Å². The standard InChI is InChI=1S/C23H20N4OS/c28-23(26-13-5-10-20(26)21-11-6-14-29-21)19-16-27(18-8-2-1-3-9-18)25-22(19)17-7-4-12-24-15-17/h1-4,6-9,11-12,14-16,20H,5,10,13H2/t20-/m0/s1. The lowest BCUT2D eigenvalue weighted by atomic mass is 10.1. The minimum absolute atomic E-state index is 0.0296. The van der Waals surface area contributed by atoms with Crippen molar-refractivity contribution in [1.82, 2.24) is 19.7 Å². The topological polar surface area (TPSA) is 51.0 Å². The number of carbonyl (C=O) groups is 1. The van der Waals surface area contributed by atoms with E-state index < -0.39 is 0 Å². The van der Waals surface area contributed by atoms with Gasteiger partial charge in [-0.15, -0.1) is 11.3 Å². The number of nitrogens with zero attached hydrogens (tertiary/aromatic N) is 4. The van der Waals surface area contributed by atoms with Crippen molar-refractivity contribution in [3.05, 3.63) is 89.0 Å². The van der Waals surface area contributed by atoms with Gasteiger partial charge in [-0.25, -0.2) is 4.68 Å². The molecule has 1 fully saturated rings. The van der Waals surface area contributed by atoms with Gasteiger partial charge in [-0.3, -0.25) is 9.78 Å². The van der Waals surface area contributed by atoms with Crippen molar-refractivity contribution in [2.75, 3.05) is 6.54 Å². The maximum absolute atomic E-state index is 13.6. The van der Waals surface area contributed by atoms with E-state index >= 15 is 0 Å². The van der Waals surface area contributed by atoms with Gasteiger partial charge in [-0.2, -0.15) is 5.10 Å². The summed E-state index contributed by atoms with van der Waals surface area (Å²) in [6.07, 6.45) is 7.36. The molecule has 0 bridgehead atoms. The minimum atomic E-state index is 0.0296. The highest BCUT2D eigenvalue weighted by atomic mass is 32.1. The summed E-state index contributed by atoms with van der Waals surface area (Å²) >= 11 is 1.71. The predicted octanol–water partition coefficient (Wildman–Crippen LogP) is 4.97. The van der Waals surface area contributed by atoms with Crippen LogP contribution >= 0.6 is 11.3 Å². The molecule has 5 nitrogen and oxygen atoms in total. The van der Waals surface area contributed by atoms with Gasteiger partial charge in [0.05, 0.1) is 17.3 Å². The van der Waals surface area contributed by atoms with Crippen LogP contribution in [0.2, 0.25) is 0 Å². The first-order valence-electron chi connectivity index (χ1n) is 9.71. The summed E-state index contributed by atoms with van der Waals surface area (Å²) in [6.45, 7) is 0.768. The Kier molecular flexibility index (Phi) is 4.69. The summed E-state index contributed by atoms with van der Waals surface area (Å²) in [7, 11) is 0. The first-order valence-corrected chi connectivity index (χ1v) is 10.6. The number of thiophene rings is 1. The monoisotopic (exact) mass is 400 g/mol. The Morgan fingerprint density at radius 2 is 1.97 bits per heavy atom. The van der Waals surface area contributed by atoms with E-state index in [-0.39, 0.29) is 11.9 Å². The molecule has 4 aromatic rings. The second kappa shape index (κ2) is 7.64. The average Bonchev–Trinajstić information content (AvgIpc) is 3.54. The van der Waals surface area contributed by atoms with E-state index in [1.165, 1.54) is 4.88 Å². The molecule has 1 saturated heterocycles. The first-order chi connectivity index (χ1) is 14.3. The molecule has 1 aliphatic heterocycles. The average molecular weight is 401 g/mol. The van der Waals surface area contributed by atoms with E-state index in [4.69, 9.17) is 5.10 Å². The molecule has 0 spiro atoms. The Bertz CT molecular complexity index is 1110. The Morgan fingerprint density at radius 1 is 1.07 bits per heavy atom. The summed E-state index contributed by atoms with van der Waals surface area (Å²) in [5, 5.41) is 6.84. The molecule has 1 amide bonds. The Hall–Kier alpha value is -3.25. The van der Waals surface area contributed by atoms with Gasteiger partial charge in [-0.1, -0.05) is 24.3 Å². The molecule has 0 saturated carbocycles.